The molecule has 1 atom stereocenters. The number of rotatable bonds is 4. The van der Waals surface area contributed by atoms with Gasteiger partial charge in [0.2, 0.25) is 0 Å². The Kier molecular flexibility index (Phi) is 5.18. The summed E-state index contributed by atoms with van der Waals surface area (Å²) in [5, 5.41) is 0. The van der Waals surface area contributed by atoms with E-state index in [-0.39, 0.29) is 5.91 Å². The van der Waals surface area contributed by atoms with Gasteiger partial charge in [-0.3, -0.25) is 9.69 Å². The molecule has 1 fully saturated rings. The van der Waals surface area contributed by atoms with Crippen LogP contribution in [-0.2, 0) is 0 Å². The summed E-state index contributed by atoms with van der Waals surface area (Å²) in [6.45, 7) is 10.5. The second-order valence-corrected chi connectivity index (χ2v) is 6.17. The van der Waals surface area contributed by atoms with E-state index >= 15 is 0 Å². The van der Waals surface area contributed by atoms with Crippen LogP contribution in [0.25, 0.3) is 0 Å². The van der Waals surface area contributed by atoms with Crippen molar-refractivity contribution in [2.24, 2.45) is 5.92 Å². The number of amides is 1. The zero-order chi connectivity index (χ0) is 14.5. The lowest BCUT2D eigenvalue weighted by atomic mass is 10.0. The van der Waals surface area contributed by atoms with Crippen molar-refractivity contribution in [1.82, 2.24) is 9.80 Å². The molecule has 3 nitrogen and oxygen atoms in total. The van der Waals surface area contributed by atoms with Crippen molar-refractivity contribution >= 4 is 5.91 Å². The summed E-state index contributed by atoms with van der Waals surface area (Å²) < 4.78 is 0. The third-order valence-corrected chi connectivity index (χ3v) is 4.06. The van der Waals surface area contributed by atoms with E-state index < -0.39 is 0 Å². The second-order valence-electron chi connectivity index (χ2n) is 6.17. The third-order valence-electron chi connectivity index (χ3n) is 4.06. The van der Waals surface area contributed by atoms with Gasteiger partial charge in [0.15, 0.2) is 0 Å². The van der Waals surface area contributed by atoms with Gasteiger partial charge in [0.25, 0.3) is 5.91 Å². The SMILES string of the molecule is CC(C)CC(C)N1CCN(C(=O)c2ccccc2)CC1. The number of nitrogens with zero attached hydrogens (tertiary/aromatic N) is 2. The van der Waals surface area contributed by atoms with Gasteiger partial charge in [-0.1, -0.05) is 32.0 Å². The molecule has 1 aromatic rings. The van der Waals surface area contributed by atoms with Crippen molar-refractivity contribution in [3.05, 3.63) is 35.9 Å². The maximum atomic E-state index is 12.4. The van der Waals surface area contributed by atoms with Crippen LogP contribution in [0, 0.1) is 5.92 Å². The summed E-state index contributed by atoms with van der Waals surface area (Å²) in [7, 11) is 0. The number of piperazine rings is 1. The Bertz CT molecular complexity index is 422. The van der Waals surface area contributed by atoms with Gasteiger partial charge in [0.05, 0.1) is 0 Å². The first-order valence-corrected chi connectivity index (χ1v) is 7.66. The molecule has 0 bridgehead atoms. The molecule has 0 saturated carbocycles. The number of hydrogen-bond acceptors (Lipinski definition) is 2. The monoisotopic (exact) mass is 274 g/mol. The summed E-state index contributed by atoms with van der Waals surface area (Å²) in [6, 6.07) is 10.2. The van der Waals surface area contributed by atoms with Crippen LogP contribution in [0.1, 0.15) is 37.6 Å². The maximum Gasteiger partial charge on any atom is 0.253 e. The summed E-state index contributed by atoms with van der Waals surface area (Å²) in [5.74, 6) is 0.899. The Morgan fingerprint density at radius 2 is 1.65 bits per heavy atom. The van der Waals surface area contributed by atoms with Gasteiger partial charge in [-0.2, -0.15) is 0 Å². The van der Waals surface area contributed by atoms with Gasteiger partial charge in [0.1, 0.15) is 0 Å². The molecule has 1 aliphatic heterocycles. The van der Waals surface area contributed by atoms with Gasteiger partial charge in [-0.05, 0) is 31.4 Å². The molecule has 1 heterocycles. The highest BCUT2D eigenvalue weighted by Gasteiger charge is 2.24. The van der Waals surface area contributed by atoms with E-state index in [0.717, 1.165) is 37.7 Å². The topological polar surface area (TPSA) is 23.6 Å². The molecule has 0 radical (unpaired) electrons. The van der Waals surface area contributed by atoms with Gasteiger partial charge in [-0.25, -0.2) is 0 Å². The molecule has 0 aliphatic carbocycles. The molecule has 0 spiro atoms. The fraction of sp³-hybridized carbons (Fsp3) is 0.588. The minimum atomic E-state index is 0.168. The molecule has 20 heavy (non-hydrogen) atoms. The molecule has 0 aromatic heterocycles. The fourth-order valence-electron chi connectivity index (χ4n) is 2.96. The first-order chi connectivity index (χ1) is 9.58. The van der Waals surface area contributed by atoms with Gasteiger partial charge in [0, 0.05) is 37.8 Å². The number of carbonyl (C=O) groups is 1. The van der Waals surface area contributed by atoms with Crippen molar-refractivity contribution in [1.29, 1.82) is 0 Å². The molecular weight excluding hydrogens is 248 g/mol. The standard InChI is InChI=1S/C17H26N2O/c1-14(2)13-15(3)18-9-11-19(12-10-18)17(20)16-7-5-4-6-8-16/h4-8,14-15H,9-13H2,1-3H3. The van der Waals surface area contributed by atoms with E-state index in [1.54, 1.807) is 0 Å². The Labute approximate surface area is 122 Å². The molecule has 3 heteroatoms. The molecule has 1 aromatic carbocycles. The largest absolute Gasteiger partial charge is 0.336 e. The highest BCUT2D eigenvalue weighted by Crippen LogP contribution is 2.15. The second kappa shape index (κ2) is 6.89. The predicted molar refractivity (Wildman–Crippen MR) is 82.8 cm³/mol. The molecule has 110 valence electrons. The van der Waals surface area contributed by atoms with E-state index in [1.165, 1.54) is 6.42 Å². The van der Waals surface area contributed by atoms with Gasteiger partial charge in [-0.15, -0.1) is 0 Å². The normalized spacial score (nSPS) is 18.3. The Hall–Kier alpha value is -1.35. The average Bonchev–Trinajstić information content (AvgIpc) is 2.47. The molecule has 1 saturated heterocycles. The molecule has 2 rings (SSSR count). The first kappa shape index (κ1) is 15.0. The maximum absolute atomic E-state index is 12.4. The van der Waals surface area contributed by atoms with Crippen LogP contribution in [-0.4, -0.2) is 47.9 Å². The molecule has 1 aliphatic rings. The van der Waals surface area contributed by atoms with Crippen LogP contribution in [0.4, 0.5) is 0 Å². The summed E-state index contributed by atoms with van der Waals surface area (Å²) in [4.78, 5) is 16.9. The molecule has 1 unspecified atom stereocenters. The highest BCUT2D eigenvalue weighted by molar-refractivity contribution is 5.94. The van der Waals surface area contributed by atoms with Crippen LogP contribution in [0.15, 0.2) is 30.3 Å². The summed E-state index contributed by atoms with van der Waals surface area (Å²) >= 11 is 0. The van der Waals surface area contributed by atoms with Crippen molar-refractivity contribution in [2.75, 3.05) is 26.2 Å². The average molecular weight is 274 g/mol. The van der Waals surface area contributed by atoms with E-state index in [0.29, 0.717) is 6.04 Å². The van der Waals surface area contributed by atoms with Gasteiger partial charge >= 0.3 is 0 Å². The quantitative estimate of drug-likeness (QED) is 0.843. The van der Waals surface area contributed by atoms with Crippen LogP contribution in [0.3, 0.4) is 0 Å². The zero-order valence-electron chi connectivity index (χ0n) is 12.9. The third kappa shape index (κ3) is 3.83. The van der Waals surface area contributed by atoms with Crippen molar-refractivity contribution in [3.63, 3.8) is 0 Å². The van der Waals surface area contributed by atoms with Crippen LogP contribution >= 0.6 is 0 Å². The van der Waals surface area contributed by atoms with E-state index in [4.69, 9.17) is 0 Å². The Balaban J connectivity index is 1.87. The number of carbonyl (C=O) groups excluding carboxylic acids is 1. The van der Waals surface area contributed by atoms with Crippen LogP contribution < -0.4 is 0 Å². The molecule has 0 N–H and O–H groups in total. The van der Waals surface area contributed by atoms with E-state index in [2.05, 4.69) is 25.7 Å². The summed E-state index contributed by atoms with van der Waals surface area (Å²) in [6.07, 6.45) is 1.23. The van der Waals surface area contributed by atoms with Gasteiger partial charge < -0.3 is 4.90 Å². The minimum Gasteiger partial charge on any atom is -0.336 e. The van der Waals surface area contributed by atoms with Crippen molar-refractivity contribution in [3.8, 4) is 0 Å². The lowest BCUT2D eigenvalue weighted by Crippen LogP contribution is -2.51. The van der Waals surface area contributed by atoms with Crippen LogP contribution in [0.2, 0.25) is 0 Å². The number of benzene rings is 1. The van der Waals surface area contributed by atoms with Crippen molar-refractivity contribution < 1.29 is 4.79 Å². The zero-order valence-corrected chi connectivity index (χ0v) is 12.9. The van der Waals surface area contributed by atoms with E-state index in [9.17, 15) is 4.79 Å². The predicted octanol–water partition coefficient (Wildman–Crippen LogP) is 2.88. The highest BCUT2D eigenvalue weighted by atomic mass is 16.2. The lowest BCUT2D eigenvalue weighted by Gasteiger charge is -2.38. The summed E-state index contributed by atoms with van der Waals surface area (Å²) in [5.41, 5.74) is 0.802. The molecular formula is C17H26N2O. The Morgan fingerprint density at radius 3 is 2.20 bits per heavy atom. The van der Waals surface area contributed by atoms with Crippen LogP contribution in [0.5, 0.6) is 0 Å². The van der Waals surface area contributed by atoms with E-state index in [1.807, 2.05) is 35.2 Å². The first-order valence-electron chi connectivity index (χ1n) is 7.66. The minimum absolute atomic E-state index is 0.168. The van der Waals surface area contributed by atoms with Crippen molar-refractivity contribution in [2.45, 2.75) is 33.2 Å². The smallest absolute Gasteiger partial charge is 0.253 e. The number of hydrogen-bond donors (Lipinski definition) is 0. The fourth-order valence-corrected chi connectivity index (χ4v) is 2.96. The molecule has 1 amide bonds. The Morgan fingerprint density at radius 1 is 1.05 bits per heavy atom. The lowest BCUT2D eigenvalue weighted by molar-refractivity contribution is 0.0564.